The van der Waals surface area contributed by atoms with Crippen LogP contribution in [-0.2, 0) is 0 Å². The lowest BCUT2D eigenvalue weighted by atomic mass is 9.49. The van der Waals surface area contributed by atoms with Crippen molar-refractivity contribution in [2.75, 3.05) is 26.2 Å². The average Bonchev–Trinajstić information content (AvgIpc) is 2.74. The molecule has 1 aliphatic heterocycles. The number of likely N-dealkylation sites (tertiary alicyclic amines) is 1. The Morgan fingerprint density at radius 1 is 1.00 bits per heavy atom. The summed E-state index contributed by atoms with van der Waals surface area (Å²) in [6.45, 7) is 4.34. The van der Waals surface area contributed by atoms with E-state index in [1.54, 1.807) is 38.5 Å². The molecule has 1 atom stereocenters. The van der Waals surface area contributed by atoms with Crippen molar-refractivity contribution in [2.24, 2.45) is 29.1 Å². The Morgan fingerprint density at radius 2 is 1.63 bits per heavy atom. The van der Waals surface area contributed by atoms with Crippen LogP contribution in [0.15, 0.2) is 0 Å². The van der Waals surface area contributed by atoms with Gasteiger partial charge < -0.3 is 10.0 Å². The SMILES string of the molecule is OCCC1CCN(CC23CC4CC(CC(C4)C2)C3)C1. The molecule has 4 bridgehead atoms. The highest BCUT2D eigenvalue weighted by molar-refractivity contribution is 5.03. The normalized spacial score (nSPS) is 49.1. The summed E-state index contributed by atoms with van der Waals surface area (Å²) in [6.07, 6.45) is 11.7. The van der Waals surface area contributed by atoms with Gasteiger partial charge in [-0.05, 0) is 87.0 Å². The van der Waals surface area contributed by atoms with Crippen molar-refractivity contribution in [1.82, 2.24) is 4.90 Å². The summed E-state index contributed by atoms with van der Waals surface area (Å²) in [7, 11) is 0. The van der Waals surface area contributed by atoms with Crippen LogP contribution in [0.5, 0.6) is 0 Å². The summed E-state index contributed by atoms with van der Waals surface area (Å²) in [5, 5.41) is 9.10. The highest BCUT2D eigenvalue weighted by Crippen LogP contribution is 2.60. The Kier molecular flexibility index (Phi) is 3.15. The van der Waals surface area contributed by atoms with Crippen molar-refractivity contribution in [3.05, 3.63) is 0 Å². The van der Waals surface area contributed by atoms with E-state index < -0.39 is 0 Å². The third kappa shape index (κ3) is 2.35. The molecule has 1 heterocycles. The van der Waals surface area contributed by atoms with E-state index in [9.17, 15) is 0 Å². The van der Waals surface area contributed by atoms with Crippen LogP contribution in [0.3, 0.4) is 0 Å². The minimum absolute atomic E-state index is 0.385. The van der Waals surface area contributed by atoms with Crippen LogP contribution in [0, 0.1) is 29.1 Å². The van der Waals surface area contributed by atoms with E-state index in [4.69, 9.17) is 5.11 Å². The lowest BCUT2D eigenvalue weighted by Crippen LogP contribution is -2.50. The molecule has 1 unspecified atom stereocenters. The summed E-state index contributed by atoms with van der Waals surface area (Å²) < 4.78 is 0. The van der Waals surface area contributed by atoms with Crippen molar-refractivity contribution in [2.45, 2.75) is 51.4 Å². The van der Waals surface area contributed by atoms with Crippen LogP contribution in [0.2, 0.25) is 0 Å². The molecule has 0 aromatic carbocycles. The number of hydrogen-bond donors (Lipinski definition) is 1. The minimum Gasteiger partial charge on any atom is -0.396 e. The predicted octanol–water partition coefficient (Wildman–Crippen LogP) is 2.91. The second-order valence-corrected chi connectivity index (χ2v) is 8.32. The van der Waals surface area contributed by atoms with Gasteiger partial charge >= 0.3 is 0 Å². The van der Waals surface area contributed by atoms with Crippen molar-refractivity contribution >= 4 is 0 Å². The number of nitrogens with zero attached hydrogens (tertiary/aromatic N) is 1. The Hall–Kier alpha value is -0.0800. The van der Waals surface area contributed by atoms with Gasteiger partial charge in [0.1, 0.15) is 0 Å². The molecule has 1 saturated heterocycles. The Morgan fingerprint density at radius 3 is 2.21 bits per heavy atom. The number of rotatable bonds is 4. The van der Waals surface area contributed by atoms with E-state index in [-0.39, 0.29) is 0 Å². The third-order valence-electron chi connectivity index (χ3n) is 6.63. The first-order chi connectivity index (χ1) is 9.25. The van der Waals surface area contributed by atoms with Crippen LogP contribution in [0.25, 0.3) is 0 Å². The van der Waals surface area contributed by atoms with Crippen LogP contribution in [0.4, 0.5) is 0 Å². The molecule has 0 aromatic rings. The lowest BCUT2D eigenvalue weighted by Gasteiger charge is -2.57. The molecule has 0 aromatic heterocycles. The van der Waals surface area contributed by atoms with Gasteiger partial charge in [-0.3, -0.25) is 0 Å². The van der Waals surface area contributed by atoms with Gasteiger partial charge in [0.05, 0.1) is 0 Å². The molecule has 5 aliphatic rings. The van der Waals surface area contributed by atoms with E-state index in [1.165, 1.54) is 26.1 Å². The summed E-state index contributed by atoms with van der Waals surface area (Å²) in [4.78, 5) is 2.74. The molecular weight excluding hydrogens is 234 g/mol. The number of aliphatic hydroxyl groups excluding tert-OH is 1. The molecule has 0 radical (unpaired) electrons. The highest BCUT2D eigenvalue weighted by atomic mass is 16.3. The molecule has 4 aliphatic carbocycles. The molecule has 19 heavy (non-hydrogen) atoms. The second-order valence-electron chi connectivity index (χ2n) is 8.32. The molecule has 4 saturated carbocycles. The van der Waals surface area contributed by atoms with Gasteiger partial charge in [0.2, 0.25) is 0 Å². The number of hydrogen-bond acceptors (Lipinski definition) is 2. The first-order valence-corrected chi connectivity index (χ1v) is 8.58. The maximum absolute atomic E-state index is 9.10. The minimum atomic E-state index is 0.385. The van der Waals surface area contributed by atoms with Crippen LogP contribution >= 0.6 is 0 Å². The highest BCUT2D eigenvalue weighted by Gasteiger charge is 2.51. The van der Waals surface area contributed by atoms with E-state index in [0.29, 0.717) is 12.0 Å². The maximum atomic E-state index is 9.10. The standard InChI is InChI=1S/C17H29NO/c19-4-2-13-1-3-18(11-13)12-17-8-14-5-15(9-17)7-16(6-14)10-17/h13-16,19H,1-12H2. The van der Waals surface area contributed by atoms with Gasteiger partial charge in [-0.25, -0.2) is 0 Å². The van der Waals surface area contributed by atoms with Crippen LogP contribution < -0.4 is 0 Å². The van der Waals surface area contributed by atoms with E-state index in [1.807, 2.05) is 0 Å². The van der Waals surface area contributed by atoms with Crippen molar-refractivity contribution < 1.29 is 5.11 Å². The fourth-order valence-electron chi connectivity index (χ4n) is 6.43. The van der Waals surface area contributed by atoms with E-state index in [0.717, 1.165) is 30.1 Å². The molecule has 0 spiro atoms. The fourth-order valence-corrected chi connectivity index (χ4v) is 6.43. The molecule has 2 heteroatoms. The summed E-state index contributed by atoms with van der Waals surface area (Å²) >= 11 is 0. The van der Waals surface area contributed by atoms with Gasteiger partial charge in [-0.2, -0.15) is 0 Å². The maximum Gasteiger partial charge on any atom is 0.0434 e. The zero-order valence-electron chi connectivity index (χ0n) is 12.2. The molecule has 1 N–H and O–H groups in total. The van der Waals surface area contributed by atoms with Gasteiger partial charge in [0.25, 0.3) is 0 Å². The van der Waals surface area contributed by atoms with Gasteiger partial charge in [-0.1, -0.05) is 0 Å². The first-order valence-electron chi connectivity index (χ1n) is 8.58. The molecule has 0 amide bonds. The van der Waals surface area contributed by atoms with Crippen molar-refractivity contribution in [3.8, 4) is 0 Å². The van der Waals surface area contributed by atoms with Crippen molar-refractivity contribution in [3.63, 3.8) is 0 Å². The Balaban J connectivity index is 1.40. The smallest absolute Gasteiger partial charge is 0.0434 e. The Bertz CT molecular complexity index is 305. The lowest BCUT2D eigenvalue weighted by molar-refractivity contribution is -0.0668. The fraction of sp³-hybridized carbons (Fsp3) is 1.00. The van der Waals surface area contributed by atoms with E-state index >= 15 is 0 Å². The molecule has 5 fully saturated rings. The van der Waals surface area contributed by atoms with E-state index in [2.05, 4.69) is 4.90 Å². The molecule has 2 nitrogen and oxygen atoms in total. The second kappa shape index (κ2) is 4.73. The zero-order valence-corrected chi connectivity index (χ0v) is 12.2. The van der Waals surface area contributed by atoms with Gasteiger partial charge in [-0.15, -0.1) is 0 Å². The summed E-state index contributed by atoms with van der Waals surface area (Å²) in [5.74, 6) is 4.03. The van der Waals surface area contributed by atoms with Crippen LogP contribution in [0.1, 0.15) is 51.4 Å². The predicted molar refractivity (Wildman–Crippen MR) is 76.9 cm³/mol. The topological polar surface area (TPSA) is 23.5 Å². The molecule has 5 rings (SSSR count). The number of aliphatic hydroxyl groups is 1. The molecular formula is C17H29NO. The quantitative estimate of drug-likeness (QED) is 0.843. The van der Waals surface area contributed by atoms with Gasteiger partial charge in [0, 0.05) is 19.7 Å². The third-order valence-corrected chi connectivity index (χ3v) is 6.63. The zero-order chi connectivity index (χ0) is 12.9. The average molecular weight is 263 g/mol. The monoisotopic (exact) mass is 263 g/mol. The summed E-state index contributed by atoms with van der Waals surface area (Å²) in [5.41, 5.74) is 0.711. The summed E-state index contributed by atoms with van der Waals surface area (Å²) in [6, 6.07) is 0. The van der Waals surface area contributed by atoms with Crippen LogP contribution in [-0.4, -0.2) is 36.2 Å². The Labute approximate surface area is 117 Å². The first kappa shape index (κ1) is 12.6. The van der Waals surface area contributed by atoms with Crippen molar-refractivity contribution in [1.29, 1.82) is 0 Å². The molecule has 108 valence electrons. The van der Waals surface area contributed by atoms with Gasteiger partial charge in [0.15, 0.2) is 0 Å². The largest absolute Gasteiger partial charge is 0.396 e.